The molecule has 0 saturated carbocycles. The zero-order valence-electron chi connectivity index (χ0n) is 11.6. The lowest BCUT2D eigenvalue weighted by Gasteiger charge is -2.31. The van der Waals surface area contributed by atoms with Crippen molar-refractivity contribution in [3.05, 3.63) is 29.3 Å². The Bertz CT molecular complexity index is 573. The SMILES string of the molecule is CC(C(=O)NCCc1nc2ccccc2s1)C1CNC1. The molecule has 1 atom stereocenters. The van der Waals surface area contributed by atoms with Crippen LogP contribution in [0.5, 0.6) is 0 Å². The highest BCUT2D eigenvalue weighted by Gasteiger charge is 2.28. The molecular weight excluding hydrogens is 270 g/mol. The van der Waals surface area contributed by atoms with Crippen molar-refractivity contribution in [2.24, 2.45) is 11.8 Å². The van der Waals surface area contributed by atoms with E-state index in [2.05, 4.69) is 21.7 Å². The number of hydrogen-bond donors (Lipinski definition) is 2. The van der Waals surface area contributed by atoms with Crippen LogP contribution >= 0.6 is 11.3 Å². The zero-order chi connectivity index (χ0) is 13.9. The largest absolute Gasteiger partial charge is 0.355 e. The molecule has 1 aromatic carbocycles. The second-order valence-corrected chi connectivity index (χ2v) is 6.44. The van der Waals surface area contributed by atoms with Gasteiger partial charge in [-0.2, -0.15) is 0 Å². The van der Waals surface area contributed by atoms with E-state index in [0.29, 0.717) is 12.5 Å². The van der Waals surface area contributed by atoms with Gasteiger partial charge in [-0.15, -0.1) is 11.3 Å². The van der Waals surface area contributed by atoms with Crippen LogP contribution in [0.1, 0.15) is 11.9 Å². The molecule has 1 amide bonds. The molecule has 1 fully saturated rings. The maximum absolute atomic E-state index is 12.0. The lowest BCUT2D eigenvalue weighted by molar-refractivity contribution is -0.126. The van der Waals surface area contributed by atoms with Crippen molar-refractivity contribution >= 4 is 27.5 Å². The van der Waals surface area contributed by atoms with Gasteiger partial charge in [0.1, 0.15) is 0 Å². The van der Waals surface area contributed by atoms with Crippen molar-refractivity contribution in [1.82, 2.24) is 15.6 Å². The molecule has 1 unspecified atom stereocenters. The highest BCUT2D eigenvalue weighted by molar-refractivity contribution is 7.18. The first-order valence-electron chi connectivity index (χ1n) is 7.07. The number of nitrogens with one attached hydrogen (secondary N) is 2. The third-order valence-electron chi connectivity index (χ3n) is 3.91. The van der Waals surface area contributed by atoms with Crippen LogP contribution in [0, 0.1) is 11.8 Å². The number of aromatic nitrogens is 1. The summed E-state index contributed by atoms with van der Waals surface area (Å²) in [5.74, 6) is 0.765. The Balaban J connectivity index is 1.50. The molecule has 1 aliphatic rings. The fourth-order valence-electron chi connectivity index (χ4n) is 2.36. The van der Waals surface area contributed by atoms with Crippen LogP contribution in [0.2, 0.25) is 0 Å². The number of amides is 1. The Morgan fingerprint density at radius 2 is 2.30 bits per heavy atom. The van der Waals surface area contributed by atoms with Gasteiger partial charge in [-0.05, 0) is 31.1 Å². The lowest BCUT2D eigenvalue weighted by Crippen LogP contribution is -2.49. The van der Waals surface area contributed by atoms with E-state index in [0.717, 1.165) is 30.0 Å². The summed E-state index contributed by atoms with van der Waals surface area (Å²) >= 11 is 1.71. The molecule has 106 valence electrons. The molecule has 1 aliphatic heterocycles. The first kappa shape index (κ1) is 13.5. The summed E-state index contributed by atoms with van der Waals surface area (Å²) < 4.78 is 1.21. The van der Waals surface area contributed by atoms with Gasteiger partial charge in [0.15, 0.2) is 0 Å². The van der Waals surface area contributed by atoms with Gasteiger partial charge in [0.25, 0.3) is 0 Å². The third kappa shape index (κ3) is 2.83. The van der Waals surface area contributed by atoms with E-state index < -0.39 is 0 Å². The van der Waals surface area contributed by atoms with Gasteiger partial charge in [-0.25, -0.2) is 4.98 Å². The minimum atomic E-state index is 0.103. The predicted octanol–water partition coefficient (Wildman–Crippen LogP) is 1.81. The monoisotopic (exact) mass is 289 g/mol. The molecule has 2 aromatic rings. The van der Waals surface area contributed by atoms with Crippen molar-refractivity contribution in [2.45, 2.75) is 13.3 Å². The summed E-state index contributed by atoms with van der Waals surface area (Å²) in [4.78, 5) is 16.6. The minimum absolute atomic E-state index is 0.103. The molecule has 4 nitrogen and oxygen atoms in total. The van der Waals surface area contributed by atoms with Crippen molar-refractivity contribution < 1.29 is 4.79 Å². The van der Waals surface area contributed by atoms with E-state index in [-0.39, 0.29) is 11.8 Å². The Labute approximate surface area is 122 Å². The Hall–Kier alpha value is -1.46. The van der Waals surface area contributed by atoms with Gasteiger partial charge in [-0.3, -0.25) is 4.79 Å². The predicted molar refractivity (Wildman–Crippen MR) is 81.9 cm³/mol. The number of thiazole rings is 1. The summed E-state index contributed by atoms with van der Waals surface area (Å²) in [6, 6.07) is 8.14. The molecule has 1 saturated heterocycles. The van der Waals surface area contributed by atoms with E-state index in [1.54, 1.807) is 11.3 Å². The molecule has 2 heterocycles. The lowest BCUT2D eigenvalue weighted by atomic mass is 9.88. The van der Waals surface area contributed by atoms with Gasteiger partial charge in [0, 0.05) is 18.9 Å². The molecule has 0 radical (unpaired) electrons. The molecule has 20 heavy (non-hydrogen) atoms. The summed E-state index contributed by atoms with van der Waals surface area (Å²) in [6.45, 7) is 4.61. The maximum atomic E-state index is 12.0. The van der Waals surface area contributed by atoms with E-state index >= 15 is 0 Å². The number of carbonyl (C=O) groups excluding carboxylic acids is 1. The highest BCUT2D eigenvalue weighted by Crippen LogP contribution is 2.21. The normalized spacial score (nSPS) is 16.9. The topological polar surface area (TPSA) is 54.0 Å². The molecule has 1 aromatic heterocycles. The van der Waals surface area contributed by atoms with Crippen LogP contribution in [0.15, 0.2) is 24.3 Å². The van der Waals surface area contributed by atoms with E-state index in [1.165, 1.54) is 4.70 Å². The van der Waals surface area contributed by atoms with Gasteiger partial charge < -0.3 is 10.6 Å². The van der Waals surface area contributed by atoms with Crippen LogP contribution in [-0.4, -0.2) is 30.5 Å². The van der Waals surface area contributed by atoms with E-state index in [1.807, 2.05) is 25.1 Å². The molecule has 5 heteroatoms. The average molecular weight is 289 g/mol. The van der Waals surface area contributed by atoms with Crippen LogP contribution in [0.3, 0.4) is 0 Å². The average Bonchev–Trinajstić information content (AvgIpc) is 2.79. The van der Waals surface area contributed by atoms with Crippen LogP contribution in [0.4, 0.5) is 0 Å². The molecular formula is C15H19N3OS. The van der Waals surface area contributed by atoms with Crippen molar-refractivity contribution in [2.75, 3.05) is 19.6 Å². The van der Waals surface area contributed by atoms with Gasteiger partial charge in [0.2, 0.25) is 5.91 Å². The standard InChI is InChI=1S/C15H19N3OS/c1-10(11-8-16-9-11)15(19)17-7-6-14-18-12-4-2-3-5-13(12)20-14/h2-5,10-11,16H,6-9H2,1H3,(H,17,19). The summed E-state index contributed by atoms with van der Waals surface area (Å²) in [6.07, 6.45) is 0.806. The summed E-state index contributed by atoms with van der Waals surface area (Å²) in [5.41, 5.74) is 1.05. The third-order valence-corrected chi connectivity index (χ3v) is 5.01. The van der Waals surface area contributed by atoms with Gasteiger partial charge in [0.05, 0.1) is 15.2 Å². The molecule has 3 rings (SSSR count). The number of para-hydroxylation sites is 1. The fraction of sp³-hybridized carbons (Fsp3) is 0.467. The summed E-state index contributed by atoms with van der Waals surface area (Å²) in [7, 11) is 0. The van der Waals surface area contributed by atoms with Gasteiger partial charge >= 0.3 is 0 Å². The maximum Gasteiger partial charge on any atom is 0.223 e. The quantitative estimate of drug-likeness (QED) is 0.882. The van der Waals surface area contributed by atoms with Crippen LogP contribution < -0.4 is 10.6 Å². The second-order valence-electron chi connectivity index (χ2n) is 5.32. The smallest absolute Gasteiger partial charge is 0.223 e. The molecule has 0 bridgehead atoms. The van der Waals surface area contributed by atoms with Crippen molar-refractivity contribution in [3.8, 4) is 0 Å². The molecule has 2 N–H and O–H groups in total. The number of benzene rings is 1. The van der Waals surface area contributed by atoms with Crippen LogP contribution in [-0.2, 0) is 11.2 Å². The van der Waals surface area contributed by atoms with Crippen molar-refractivity contribution in [1.29, 1.82) is 0 Å². The second kappa shape index (κ2) is 5.89. The number of nitrogens with zero attached hydrogens (tertiary/aromatic N) is 1. The fourth-order valence-corrected chi connectivity index (χ4v) is 3.33. The highest BCUT2D eigenvalue weighted by atomic mass is 32.1. The number of rotatable bonds is 5. The van der Waals surface area contributed by atoms with Crippen molar-refractivity contribution in [3.63, 3.8) is 0 Å². The zero-order valence-corrected chi connectivity index (χ0v) is 12.4. The Morgan fingerprint density at radius 1 is 1.50 bits per heavy atom. The number of carbonyl (C=O) groups is 1. The Morgan fingerprint density at radius 3 is 3.00 bits per heavy atom. The van der Waals surface area contributed by atoms with Gasteiger partial charge in [-0.1, -0.05) is 19.1 Å². The Kier molecular flexibility index (Phi) is 3.98. The minimum Gasteiger partial charge on any atom is -0.355 e. The van der Waals surface area contributed by atoms with Crippen LogP contribution in [0.25, 0.3) is 10.2 Å². The number of hydrogen-bond acceptors (Lipinski definition) is 4. The first-order valence-corrected chi connectivity index (χ1v) is 7.88. The van der Waals surface area contributed by atoms with E-state index in [4.69, 9.17) is 0 Å². The van der Waals surface area contributed by atoms with E-state index in [9.17, 15) is 4.79 Å². The molecule has 0 aliphatic carbocycles. The first-order chi connectivity index (χ1) is 9.74. The summed E-state index contributed by atoms with van der Waals surface area (Å²) in [5, 5.41) is 7.32. The number of fused-ring (bicyclic) bond motifs is 1. The molecule has 0 spiro atoms.